The number of hydrogen-bond acceptors (Lipinski definition) is 8. The first-order valence-corrected chi connectivity index (χ1v) is 20.6. The van der Waals surface area contributed by atoms with Crippen molar-refractivity contribution in [1.82, 2.24) is 19.4 Å². The zero-order chi connectivity index (χ0) is 39.0. The molecule has 2 saturated heterocycles. The van der Waals surface area contributed by atoms with Gasteiger partial charge in [0.25, 0.3) is 11.8 Å². The zero-order valence-electron chi connectivity index (χ0n) is 31.4. The summed E-state index contributed by atoms with van der Waals surface area (Å²) in [7, 11) is -0.940. The molecule has 1 saturated carbocycles. The van der Waals surface area contributed by atoms with Crippen LogP contribution in [0.4, 0.5) is 18.9 Å². The first-order valence-electron chi connectivity index (χ1n) is 19.1. The average molecular weight is 782 g/mol. The molecule has 8 rings (SSSR count). The molecule has 5 aliphatic rings. The number of hydrogen-bond donors (Lipinski definition) is 1. The second-order valence-corrected chi connectivity index (χ2v) is 18.1. The number of rotatable bonds is 7. The summed E-state index contributed by atoms with van der Waals surface area (Å²) in [6.07, 6.45) is 3.22. The van der Waals surface area contributed by atoms with Crippen LogP contribution >= 0.6 is 0 Å². The smallest absolute Gasteiger partial charge is 0.435 e. The van der Waals surface area contributed by atoms with Gasteiger partial charge >= 0.3 is 6.18 Å². The number of sulfonamides is 1. The van der Waals surface area contributed by atoms with Crippen LogP contribution in [0.2, 0.25) is 0 Å². The maximum atomic E-state index is 14.9. The predicted octanol–water partition coefficient (Wildman–Crippen LogP) is 6.70. The highest BCUT2D eigenvalue weighted by molar-refractivity contribution is 7.90. The van der Waals surface area contributed by atoms with Crippen LogP contribution in [0.5, 0.6) is 5.75 Å². The standard InChI is InChI=1S/C40H46F3N5O6S/c1-22(2)55(51,52)45-38(49)24-10-14-31-32(18-24)48-19-26(16-25-17-27(53-4)13-15-30(25)36(48)33(31)23-8-6-5-7-9-23)35-34(37(40(41,42)43)44-46(35)3)39(50)47-20-28-11-12-29(21-47)54-28/h10,13-18,22-23,28-29,33,36H,5-9,11-12,19-21H2,1-4H3,(H,45,49). The summed E-state index contributed by atoms with van der Waals surface area (Å²) >= 11 is 0. The Labute approximate surface area is 318 Å². The number of carbonyl (C=O) groups excluding carboxylic acids is 2. The van der Waals surface area contributed by atoms with E-state index in [2.05, 4.69) is 14.7 Å². The molecule has 5 heterocycles. The Bertz CT molecular complexity index is 2160. The Hall–Kier alpha value is -4.37. The second kappa shape index (κ2) is 14.0. The van der Waals surface area contributed by atoms with E-state index in [0.29, 0.717) is 17.0 Å². The van der Waals surface area contributed by atoms with Crippen LogP contribution in [-0.4, -0.2) is 79.1 Å². The molecule has 11 nitrogen and oxygen atoms in total. The number of methoxy groups -OCH3 is 1. The number of ether oxygens (including phenoxy) is 2. The minimum atomic E-state index is -4.91. The van der Waals surface area contributed by atoms with Gasteiger partial charge in [-0.05, 0) is 98.1 Å². The molecule has 1 N–H and O–H groups in total. The summed E-state index contributed by atoms with van der Waals surface area (Å²) in [5, 5.41) is 3.14. The number of amides is 2. The lowest BCUT2D eigenvalue weighted by Crippen LogP contribution is -2.46. The summed E-state index contributed by atoms with van der Waals surface area (Å²) in [6.45, 7) is 3.45. The summed E-state index contributed by atoms with van der Waals surface area (Å²) in [5.41, 5.74) is 2.27. The Morgan fingerprint density at radius 2 is 1.67 bits per heavy atom. The van der Waals surface area contributed by atoms with Gasteiger partial charge < -0.3 is 19.3 Å². The van der Waals surface area contributed by atoms with E-state index in [4.69, 9.17) is 9.47 Å². The number of anilines is 1. The van der Waals surface area contributed by atoms with Gasteiger partial charge in [-0.2, -0.15) is 18.3 Å². The molecule has 1 aliphatic carbocycles. The van der Waals surface area contributed by atoms with Crippen molar-refractivity contribution in [1.29, 1.82) is 0 Å². The Balaban J connectivity index is 1.30. The monoisotopic (exact) mass is 781 g/mol. The van der Waals surface area contributed by atoms with Gasteiger partial charge in [-0.1, -0.05) is 31.4 Å². The Kier molecular flexibility index (Phi) is 9.54. The van der Waals surface area contributed by atoms with Gasteiger partial charge in [0, 0.05) is 43.9 Å². The number of halogens is 3. The minimum absolute atomic E-state index is 0.0334. The topological polar surface area (TPSA) is 123 Å². The van der Waals surface area contributed by atoms with Crippen molar-refractivity contribution in [2.45, 2.75) is 94.4 Å². The third-order valence-corrected chi connectivity index (χ3v) is 13.8. The van der Waals surface area contributed by atoms with Crippen LogP contribution in [0.25, 0.3) is 11.6 Å². The van der Waals surface area contributed by atoms with E-state index in [-0.39, 0.29) is 61.0 Å². The highest BCUT2D eigenvalue weighted by Gasteiger charge is 2.48. The maximum Gasteiger partial charge on any atom is 0.435 e. The van der Waals surface area contributed by atoms with Gasteiger partial charge in [-0.15, -0.1) is 0 Å². The van der Waals surface area contributed by atoms with Gasteiger partial charge in [0.15, 0.2) is 5.69 Å². The lowest BCUT2D eigenvalue weighted by molar-refractivity contribution is -0.141. The first kappa shape index (κ1) is 37.5. The van der Waals surface area contributed by atoms with Crippen molar-refractivity contribution >= 4 is 39.2 Å². The molecule has 0 spiro atoms. The third-order valence-electron chi connectivity index (χ3n) is 12.1. The average Bonchev–Trinajstić information content (AvgIpc) is 3.76. The van der Waals surface area contributed by atoms with E-state index in [0.717, 1.165) is 66.3 Å². The van der Waals surface area contributed by atoms with E-state index < -0.39 is 44.5 Å². The molecule has 2 amide bonds. The molecule has 2 aromatic carbocycles. The number of carbonyl (C=O) groups is 2. The summed E-state index contributed by atoms with van der Waals surface area (Å²) < 4.78 is 85.0. The van der Waals surface area contributed by atoms with Crippen molar-refractivity contribution in [3.8, 4) is 5.75 Å². The van der Waals surface area contributed by atoms with Crippen LogP contribution < -0.4 is 14.4 Å². The number of aromatic nitrogens is 2. The largest absolute Gasteiger partial charge is 0.497 e. The number of nitrogens with one attached hydrogen (secondary N) is 1. The van der Waals surface area contributed by atoms with Crippen LogP contribution in [0.15, 0.2) is 36.4 Å². The fourth-order valence-electron chi connectivity index (χ4n) is 9.45. The molecule has 1 aromatic heterocycles. The van der Waals surface area contributed by atoms with Crippen molar-refractivity contribution in [2.24, 2.45) is 13.0 Å². The van der Waals surface area contributed by atoms with Crippen LogP contribution in [0, 0.1) is 5.92 Å². The normalized spacial score (nSPS) is 23.9. The second-order valence-electron chi connectivity index (χ2n) is 15.8. The van der Waals surface area contributed by atoms with Gasteiger partial charge in [0.05, 0.1) is 41.9 Å². The van der Waals surface area contributed by atoms with Gasteiger partial charge in [0.2, 0.25) is 10.0 Å². The minimum Gasteiger partial charge on any atom is -0.497 e. The number of nitrogens with zero attached hydrogens (tertiary/aromatic N) is 4. The van der Waals surface area contributed by atoms with Crippen molar-refractivity contribution < 1.29 is 40.7 Å². The van der Waals surface area contributed by atoms with Crippen molar-refractivity contribution in [2.75, 3.05) is 31.6 Å². The lowest BCUT2D eigenvalue weighted by atomic mass is 9.73. The molecular weight excluding hydrogens is 736 g/mol. The summed E-state index contributed by atoms with van der Waals surface area (Å²) in [6, 6.07) is 10.7. The highest BCUT2D eigenvalue weighted by atomic mass is 32.2. The molecule has 2 bridgehead atoms. The number of benzene rings is 2. The molecule has 0 radical (unpaired) electrons. The third kappa shape index (κ3) is 6.70. The fraction of sp³-hybridized carbons (Fsp3) is 0.525. The molecule has 4 unspecified atom stereocenters. The Morgan fingerprint density at radius 3 is 2.33 bits per heavy atom. The number of fused-ring (bicyclic) bond motifs is 7. The van der Waals surface area contributed by atoms with E-state index in [1.165, 1.54) is 25.8 Å². The number of morpholine rings is 1. The van der Waals surface area contributed by atoms with E-state index in [1.54, 1.807) is 19.2 Å². The number of aryl methyl sites for hydroxylation is 1. The summed E-state index contributed by atoms with van der Waals surface area (Å²) in [5.74, 6) is -0.690. The molecule has 3 fully saturated rings. The highest BCUT2D eigenvalue weighted by Crippen LogP contribution is 2.57. The van der Waals surface area contributed by atoms with Gasteiger partial charge in [-0.25, -0.2) is 13.1 Å². The number of likely N-dealkylation sites (tertiary alicyclic amines) is 1. The predicted molar refractivity (Wildman–Crippen MR) is 200 cm³/mol. The van der Waals surface area contributed by atoms with Crippen LogP contribution in [-0.2, 0) is 28.0 Å². The maximum absolute atomic E-state index is 14.9. The van der Waals surface area contributed by atoms with Gasteiger partial charge in [-0.3, -0.25) is 14.3 Å². The molecule has 4 atom stereocenters. The van der Waals surface area contributed by atoms with Crippen LogP contribution in [0.3, 0.4) is 0 Å². The molecule has 294 valence electrons. The Morgan fingerprint density at radius 1 is 0.982 bits per heavy atom. The molecular formula is C40H46F3N5O6S. The summed E-state index contributed by atoms with van der Waals surface area (Å²) in [4.78, 5) is 31.5. The number of alkyl halides is 3. The van der Waals surface area contributed by atoms with Crippen molar-refractivity contribution in [3.63, 3.8) is 0 Å². The van der Waals surface area contributed by atoms with Crippen LogP contribution in [0.1, 0.15) is 120 Å². The molecule has 4 aliphatic heterocycles. The van der Waals surface area contributed by atoms with E-state index in [1.807, 2.05) is 30.3 Å². The van der Waals surface area contributed by atoms with E-state index in [9.17, 15) is 31.2 Å². The lowest BCUT2D eigenvalue weighted by Gasteiger charge is -2.36. The first-order chi connectivity index (χ1) is 26.1. The quantitative estimate of drug-likeness (QED) is 0.281. The molecule has 3 aromatic rings. The van der Waals surface area contributed by atoms with Gasteiger partial charge in [0.1, 0.15) is 5.75 Å². The zero-order valence-corrected chi connectivity index (χ0v) is 32.2. The van der Waals surface area contributed by atoms with Crippen molar-refractivity contribution in [3.05, 3.63) is 75.6 Å². The molecule has 15 heteroatoms. The fourth-order valence-corrected chi connectivity index (χ4v) is 10.1. The van der Waals surface area contributed by atoms with E-state index >= 15 is 0 Å². The molecule has 55 heavy (non-hydrogen) atoms. The SMILES string of the molecule is COc1ccc2c(c1)C=C(c1c(C(=O)N3CC4CCC(C3)O4)c(C(F)(F)F)nn1C)CN1c3cc(C(=O)NS(=O)(=O)C(C)C)ccc3C(C3CCCCC3)C21.